The minimum atomic E-state index is -0.947. The van der Waals surface area contributed by atoms with Gasteiger partial charge in [-0.2, -0.15) is 0 Å². The Hall–Kier alpha value is -1.30. The summed E-state index contributed by atoms with van der Waals surface area (Å²) in [6.45, 7) is 9.17. The standard InChI is InChI=1S/C20H32O6/c1-6-13(2)15(21)24-19-8-14-7-18(23,10-19)11-20(9-14,12-19)26-16(22)25-17(3,4)5/h13-14,23H,6-12H2,1-5H3. The molecule has 0 amide bonds. The number of hydrogen-bond acceptors (Lipinski definition) is 6. The topological polar surface area (TPSA) is 82.1 Å². The van der Waals surface area contributed by atoms with Crippen LogP contribution in [0.5, 0.6) is 0 Å². The van der Waals surface area contributed by atoms with Gasteiger partial charge in [-0.3, -0.25) is 4.79 Å². The van der Waals surface area contributed by atoms with Crippen LogP contribution >= 0.6 is 0 Å². The van der Waals surface area contributed by atoms with E-state index in [1.54, 1.807) is 20.8 Å². The van der Waals surface area contributed by atoms with E-state index in [1.165, 1.54) is 0 Å². The Bertz CT molecular complexity index is 596. The van der Waals surface area contributed by atoms with Gasteiger partial charge in [-0.15, -0.1) is 0 Å². The van der Waals surface area contributed by atoms with Gasteiger partial charge in [0.2, 0.25) is 0 Å². The van der Waals surface area contributed by atoms with Crippen LogP contribution in [-0.2, 0) is 19.0 Å². The van der Waals surface area contributed by atoms with Gasteiger partial charge >= 0.3 is 12.1 Å². The first-order valence-electron chi connectivity index (χ1n) is 9.74. The lowest BCUT2D eigenvalue weighted by molar-refractivity contribution is -0.265. The molecule has 4 fully saturated rings. The van der Waals surface area contributed by atoms with Gasteiger partial charge in [0.15, 0.2) is 0 Å². The largest absolute Gasteiger partial charge is 0.509 e. The van der Waals surface area contributed by atoms with Crippen molar-refractivity contribution in [1.82, 2.24) is 0 Å². The Morgan fingerprint density at radius 1 is 1.08 bits per heavy atom. The van der Waals surface area contributed by atoms with Gasteiger partial charge in [0, 0.05) is 19.3 Å². The van der Waals surface area contributed by atoms with Gasteiger partial charge < -0.3 is 19.3 Å². The molecule has 5 unspecified atom stereocenters. The molecule has 0 spiro atoms. The maximum Gasteiger partial charge on any atom is 0.509 e. The Morgan fingerprint density at radius 3 is 2.15 bits per heavy atom. The van der Waals surface area contributed by atoms with E-state index in [-0.39, 0.29) is 17.8 Å². The van der Waals surface area contributed by atoms with Crippen molar-refractivity contribution in [2.45, 2.75) is 102 Å². The lowest BCUT2D eigenvalue weighted by atomic mass is 9.50. The third-order valence-corrected chi connectivity index (χ3v) is 5.96. The quantitative estimate of drug-likeness (QED) is 0.761. The second-order valence-corrected chi connectivity index (χ2v) is 9.90. The van der Waals surface area contributed by atoms with Gasteiger partial charge in [0.05, 0.1) is 11.5 Å². The highest BCUT2D eigenvalue weighted by Crippen LogP contribution is 2.62. The third-order valence-electron chi connectivity index (χ3n) is 5.96. The summed E-state index contributed by atoms with van der Waals surface area (Å²) in [7, 11) is 0. The fourth-order valence-electron chi connectivity index (χ4n) is 5.37. The van der Waals surface area contributed by atoms with Crippen LogP contribution < -0.4 is 0 Å². The number of esters is 1. The molecule has 0 aliphatic heterocycles. The van der Waals surface area contributed by atoms with Crippen LogP contribution in [0.3, 0.4) is 0 Å². The molecule has 4 aliphatic rings. The van der Waals surface area contributed by atoms with Gasteiger partial charge in [-0.1, -0.05) is 13.8 Å². The van der Waals surface area contributed by atoms with Crippen LogP contribution in [0.4, 0.5) is 4.79 Å². The minimum Gasteiger partial charge on any atom is -0.459 e. The van der Waals surface area contributed by atoms with Crippen LogP contribution in [0.25, 0.3) is 0 Å². The molecule has 0 aromatic heterocycles. The fourth-order valence-corrected chi connectivity index (χ4v) is 5.37. The van der Waals surface area contributed by atoms with Crippen molar-refractivity contribution in [3.05, 3.63) is 0 Å². The summed E-state index contributed by atoms with van der Waals surface area (Å²) in [6.07, 6.45) is 3.36. The minimum absolute atomic E-state index is 0.180. The SMILES string of the molecule is CCC(C)C(=O)OC12CC3CC(O)(CC(OC(=O)OC(C)(C)C)(C3)C1)C2. The molecule has 0 aromatic carbocycles. The third kappa shape index (κ3) is 3.85. The highest BCUT2D eigenvalue weighted by Gasteiger charge is 2.66. The van der Waals surface area contributed by atoms with Gasteiger partial charge in [0.25, 0.3) is 0 Å². The van der Waals surface area contributed by atoms with Gasteiger partial charge in [0.1, 0.15) is 16.8 Å². The lowest BCUT2D eigenvalue weighted by Gasteiger charge is -2.62. The molecule has 0 aromatic rings. The van der Waals surface area contributed by atoms with Crippen molar-refractivity contribution in [1.29, 1.82) is 0 Å². The molecule has 0 saturated heterocycles. The molecule has 6 nitrogen and oxygen atoms in total. The monoisotopic (exact) mass is 368 g/mol. The van der Waals surface area contributed by atoms with Crippen LogP contribution in [0.1, 0.15) is 79.6 Å². The molecule has 4 bridgehead atoms. The number of aliphatic hydroxyl groups is 1. The molecule has 26 heavy (non-hydrogen) atoms. The molecule has 0 heterocycles. The van der Waals surface area contributed by atoms with E-state index in [1.807, 2.05) is 13.8 Å². The van der Waals surface area contributed by atoms with E-state index in [9.17, 15) is 14.7 Å². The first kappa shape index (κ1) is 19.5. The van der Waals surface area contributed by atoms with Crippen molar-refractivity contribution in [2.75, 3.05) is 0 Å². The van der Waals surface area contributed by atoms with E-state index in [4.69, 9.17) is 14.2 Å². The van der Waals surface area contributed by atoms with Crippen molar-refractivity contribution in [2.24, 2.45) is 11.8 Å². The normalized spacial score (nSPS) is 39.4. The molecule has 4 aliphatic carbocycles. The van der Waals surface area contributed by atoms with Crippen molar-refractivity contribution < 1.29 is 28.9 Å². The first-order chi connectivity index (χ1) is 11.9. The summed E-state index contributed by atoms with van der Waals surface area (Å²) in [5.74, 6) is -0.228. The lowest BCUT2D eigenvalue weighted by Crippen LogP contribution is -2.68. The zero-order chi connectivity index (χ0) is 19.4. The molecule has 148 valence electrons. The van der Waals surface area contributed by atoms with Crippen molar-refractivity contribution in [3.8, 4) is 0 Å². The molecule has 5 atom stereocenters. The maximum atomic E-state index is 12.4. The maximum absolute atomic E-state index is 12.4. The second kappa shape index (κ2) is 6.11. The summed E-state index contributed by atoms with van der Waals surface area (Å²) in [4.78, 5) is 24.7. The first-order valence-corrected chi connectivity index (χ1v) is 9.74. The number of carbonyl (C=O) groups excluding carboxylic acids is 2. The Morgan fingerprint density at radius 2 is 1.65 bits per heavy atom. The van der Waals surface area contributed by atoms with Crippen molar-refractivity contribution in [3.63, 3.8) is 0 Å². The zero-order valence-electron chi connectivity index (χ0n) is 16.6. The van der Waals surface area contributed by atoms with E-state index in [0.717, 1.165) is 6.42 Å². The zero-order valence-corrected chi connectivity index (χ0v) is 16.6. The van der Waals surface area contributed by atoms with E-state index < -0.39 is 28.6 Å². The Labute approximate surface area is 155 Å². The molecular weight excluding hydrogens is 336 g/mol. The molecular formula is C20H32O6. The van der Waals surface area contributed by atoms with Gasteiger partial charge in [-0.05, 0) is 52.4 Å². The van der Waals surface area contributed by atoms with Crippen LogP contribution in [-0.4, -0.2) is 39.6 Å². The number of hydrogen-bond donors (Lipinski definition) is 1. The fraction of sp³-hybridized carbons (Fsp3) is 0.900. The molecule has 0 radical (unpaired) electrons. The summed E-state index contributed by atoms with van der Waals surface area (Å²) in [5.41, 5.74) is -3.14. The van der Waals surface area contributed by atoms with E-state index in [2.05, 4.69) is 0 Å². The molecule has 4 rings (SSSR count). The number of carbonyl (C=O) groups is 2. The highest BCUT2D eigenvalue weighted by atomic mass is 16.7. The number of ether oxygens (including phenoxy) is 3. The summed E-state index contributed by atoms with van der Waals surface area (Å²) in [6, 6.07) is 0. The van der Waals surface area contributed by atoms with Crippen molar-refractivity contribution >= 4 is 12.1 Å². The van der Waals surface area contributed by atoms with Crippen LogP contribution in [0, 0.1) is 11.8 Å². The average Bonchev–Trinajstić information content (AvgIpc) is 2.39. The second-order valence-electron chi connectivity index (χ2n) is 9.90. The van der Waals surface area contributed by atoms with E-state index in [0.29, 0.717) is 38.5 Å². The molecule has 1 N–H and O–H groups in total. The predicted octanol–water partition coefficient (Wildman–Crippen LogP) is 3.73. The Balaban J connectivity index is 1.80. The number of rotatable bonds is 4. The molecule has 6 heteroatoms. The molecule has 4 saturated carbocycles. The smallest absolute Gasteiger partial charge is 0.459 e. The summed E-state index contributed by atoms with van der Waals surface area (Å²) in [5, 5.41) is 11.1. The Kier molecular flexibility index (Phi) is 4.57. The summed E-state index contributed by atoms with van der Waals surface area (Å²) < 4.78 is 17.0. The van der Waals surface area contributed by atoms with Gasteiger partial charge in [-0.25, -0.2) is 4.79 Å². The van der Waals surface area contributed by atoms with Crippen LogP contribution in [0.2, 0.25) is 0 Å². The van der Waals surface area contributed by atoms with E-state index >= 15 is 0 Å². The average molecular weight is 368 g/mol. The highest BCUT2D eigenvalue weighted by molar-refractivity contribution is 5.72. The van der Waals surface area contributed by atoms with Crippen LogP contribution in [0.15, 0.2) is 0 Å². The predicted molar refractivity (Wildman–Crippen MR) is 94.5 cm³/mol. The summed E-state index contributed by atoms with van der Waals surface area (Å²) >= 11 is 0.